The molecule has 12 rings (SSSR count). The van der Waals surface area contributed by atoms with Crippen molar-refractivity contribution in [3.05, 3.63) is 254 Å². The van der Waals surface area contributed by atoms with Crippen LogP contribution in [0.1, 0.15) is 71.3 Å². The smallest absolute Gasteiger partial charge is 0.870 e. The molecule has 0 radical (unpaired) electrons. The maximum atomic E-state index is 15.1. The number of halogens is 5. The summed E-state index contributed by atoms with van der Waals surface area (Å²) in [4.78, 5) is 34.8. The Morgan fingerprint density at radius 1 is 0.476 bits per heavy atom. The molecule has 28 heteroatoms. The van der Waals surface area contributed by atoms with Crippen LogP contribution in [0.2, 0.25) is 0 Å². The number of nitrogens with two attached hydrogens (primary N) is 3. The van der Waals surface area contributed by atoms with E-state index in [2.05, 4.69) is 37.3 Å². The minimum Gasteiger partial charge on any atom is -0.870 e. The number of carboxylic acids is 1. The first kappa shape index (κ1) is 86.2. The average molecular weight is 1530 g/mol. The van der Waals surface area contributed by atoms with Gasteiger partial charge in [0.2, 0.25) is 0 Å². The molecule has 0 aliphatic carbocycles. The summed E-state index contributed by atoms with van der Waals surface area (Å²) in [7, 11) is 3.80. The molecule has 0 aliphatic rings. The average Bonchev–Trinajstić information content (AvgIpc) is 1.71. The van der Waals surface area contributed by atoms with Crippen LogP contribution >= 0.6 is 28.3 Å². The van der Waals surface area contributed by atoms with E-state index in [1.54, 1.807) is 96.3 Å². The number of aryl methyl sites for hydroxylation is 3. The molecule has 21 nitrogen and oxygen atoms in total. The van der Waals surface area contributed by atoms with Crippen LogP contribution in [0.4, 0.5) is 13.2 Å². The number of hydrogen-bond donors (Lipinski definition) is 6. The number of aromatic nitrogens is 6. The summed E-state index contributed by atoms with van der Waals surface area (Å²) in [5, 5.41) is 42.2. The molecule has 9 aromatic carbocycles. The van der Waals surface area contributed by atoms with Gasteiger partial charge in [-0.15, -0.1) is 12.4 Å². The van der Waals surface area contributed by atoms with Crippen molar-refractivity contribution in [3.8, 4) is 39.5 Å². The van der Waals surface area contributed by atoms with Gasteiger partial charge in [-0.3, -0.25) is 28.4 Å². The van der Waals surface area contributed by atoms with E-state index >= 15 is 8.78 Å². The van der Waals surface area contributed by atoms with E-state index in [0.29, 0.717) is 70.4 Å². The summed E-state index contributed by atoms with van der Waals surface area (Å²) in [5.41, 5.74) is 27.6. The predicted octanol–water partition coefficient (Wildman–Crippen LogP) is 9.44. The monoisotopic (exact) mass is 1530 g/mol. The third-order valence-corrected chi connectivity index (χ3v) is 16.9. The predicted molar refractivity (Wildman–Crippen MR) is 401 cm³/mol. The first-order valence-electron chi connectivity index (χ1n) is 32.2. The van der Waals surface area contributed by atoms with Gasteiger partial charge in [-0.25, -0.2) is 13.2 Å². The first-order chi connectivity index (χ1) is 48.7. The van der Waals surface area contributed by atoms with Crippen molar-refractivity contribution in [2.75, 3.05) is 13.2 Å². The Balaban J connectivity index is 0.000000259. The van der Waals surface area contributed by atoms with Crippen molar-refractivity contribution < 1.29 is 101 Å². The maximum Gasteiger partial charge on any atom is 1.00 e. The largest absolute Gasteiger partial charge is 1.00 e. The third kappa shape index (κ3) is 22.1. The minimum absolute atomic E-state index is 0. The van der Waals surface area contributed by atoms with E-state index in [1.807, 2.05) is 111 Å². The Hall–Kier alpha value is -9.42. The molecular formula is C77H82BBrClF3N9NaO12. The van der Waals surface area contributed by atoms with Crippen LogP contribution in [0.15, 0.2) is 187 Å². The van der Waals surface area contributed by atoms with E-state index in [-0.39, 0.29) is 142 Å². The number of carbonyl (C=O) groups excluding carboxylic acids is 2. The van der Waals surface area contributed by atoms with Gasteiger partial charge in [0.15, 0.2) is 0 Å². The number of esters is 2. The Morgan fingerprint density at radius 3 is 1.18 bits per heavy atom. The van der Waals surface area contributed by atoms with E-state index < -0.39 is 18.9 Å². The molecular weight excluding hydrogens is 1450 g/mol. The fraction of sp³-hybridized carbons (Fsp3) is 0.221. The summed E-state index contributed by atoms with van der Waals surface area (Å²) in [6, 6.07) is 48.5. The molecule has 0 fully saturated rings. The van der Waals surface area contributed by atoms with Crippen LogP contribution in [0, 0.1) is 17.5 Å². The van der Waals surface area contributed by atoms with Gasteiger partial charge in [-0.1, -0.05) is 133 Å². The molecule has 3 aromatic heterocycles. The molecule has 0 saturated heterocycles. The number of rotatable bonds is 23. The van der Waals surface area contributed by atoms with Crippen molar-refractivity contribution in [2.24, 2.45) is 38.3 Å². The zero-order valence-electron chi connectivity index (χ0n) is 58.1. The molecule has 0 atom stereocenters. The Kier molecular flexibility index (Phi) is 33.9. The summed E-state index contributed by atoms with van der Waals surface area (Å²) < 4.78 is 77.7. The molecule has 0 aliphatic heterocycles. The van der Waals surface area contributed by atoms with Crippen molar-refractivity contribution in [1.29, 1.82) is 0 Å². The Morgan fingerprint density at radius 2 is 0.810 bits per heavy atom. The van der Waals surface area contributed by atoms with Gasteiger partial charge in [0.25, 0.3) is 0 Å². The second-order valence-corrected chi connectivity index (χ2v) is 23.9. The summed E-state index contributed by atoms with van der Waals surface area (Å²) in [6.07, 6.45) is 5.49. The van der Waals surface area contributed by atoms with Gasteiger partial charge in [0.1, 0.15) is 54.5 Å². The van der Waals surface area contributed by atoms with Gasteiger partial charge in [-0.2, -0.15) is 15.3 Å². The molecule has 546 valence electrons. The number of aliphatic carboxylic acids is 1. The van der Waals surface area contributed by atoms with Crippen molar-refractivity contribution >= 4 is 91.5 Å². The van der Waals surface area contributed by atoms with Gasteiger partial charge in [-0.05, 0) is 96.3 Å². The van der Waals surface area contributed by atoms with Crippen molar-refractivity contribution in [1.82, 2.24) is 29.3 Å². The molecule has 105 heavy (non-hydrogen) atoms. The summed E-state index contributed by atoms with van der Waals surface area (Å²) in [6.45, 7) is 5.40. The van der Waals surface area contributed by atoms with E-state index in [1.165, 1.54) is 18.2 Å². The quantitative estimate of drug-likeness (QED) is 0.0256. The van der Waals surface area contributed by atoms with E-state index in [9.17, 15) is 18.8 Å². The fourth-order valence-electron chi connectivity index (χ4n) is 11.2. The molecule has 0 saturated carbocycles. The molecule has 0 unspecified atom stereocenters. The summed E-state index contributed by atoms with van der Waals surface area (Å²) in [5.74, 6) is -0.999. The van der Waals surface area contributed by atoms with Crippen LogP contribution in [0.25, 0.3) is 55.0 Å². The third-order valence-electron chi connectivity index (χ3n) is 16.2. The number of nitrogens with zero attached hydrogens (tertiary/aromatic N) is 6. The first-order valence-corrected chi connectivity index (χ1v) is 33.0. The van der Waals surface area contributed by atoms with Crippen LogP contribution < -0.4 is 66.4 Å². The zero-order chi connectivity index (χ0) is 72.3. The number of fused-ring (bicyclic) bond motifs is 3. The summed E-state index contributed by atoms with van der Waals surface area (Å²) >= 11 is 3.58. The van der Waals surface area contributed by atoms with E-state index in [4.69, 9.17) is 56.0 Å². The molecule has 0 spiro atoms. The number of carboxylic acid groups (broad SMARTS) is 1. The SMILES string of the molecule is C.CCOC(=O)Cc1ccccc1OCc1cc(-c2cccc(CN)c2F)c2cnn(C)c2c1.CCOC(=O)Cc1ccccc1OCc1cc(Br)c2cnn(C)c2c1.Cl.Cn1ncc2c(-c3cccc(CN)c3F)cc(COc3ccccc3CC(=O)O)cc21.NCc1cccc(B(O)O)c1F.[Na+].[OH-]. The van der Waals surface area contributed by atoms with Crippen molar-refractivity contribution in [2.45, 2.75) is 80.0 Å². The number of benzene rings is 9. The zero-order valence-corrected chi connectivity index (χ0v) is 62.5. The Bertz CT molecular complexity index is 4910. The standard InChI is InChI=1S/C26H26FN3O3.C24H22FN3O3.C19H19BrN2O3.C7H9BFNO2.CH4.ClH.Na.H2O/c1-3-32-25(31)13-18-7-4-5-10-24(18)33-16-17-11-21(22-15-29-30(2)23(22)12-17)20-9-6-8-19(14-28)26(20)27;1-28-21-10-15(14-31-22-8-3-2-5-16(22)11-23(29)30)9-19(20(21)13-27-28)18-7-4-6-17(12-26)24(18)25;1-3-24-19(23)10-14-6-4-5-7-18(14)25-12-13-8-16(20)15-11-21-22(2)17(15)9-13;9-7-5(4-10)2-1-3-6(7)8(11)12;;;;/h4-12,15H,3,13-14,16,28H2,1-2H3;2-10,13H,11-12,14,26H2,1H3,(H,29,30);4-9,11H,3,10,12H2,1-2H3;1-3,11-12H,4,10H2;1H4;1H;;1H2/q;;;;;;+1;/p-1. The van der Waals surface area contributed by atoms with Crippen LogP contribution in [0.5, 0.6) is 17.2 Å². The molecule has 12 aromatic rings. The van der Waals surface area contributed by atoms with Gasteiger partial charge in [0, 0.05) is 111 Å². The minimum atomic E-state index is -1.78. The molecule has 0 bridgehead atoms. The normalized spacial score (nSPS) is 10.5. The second-order valence-electron chi connectivity index (χ2n) is 23.1. The Labute approximate surface area is 643 Å². The second kappa shape index (κ2) is 41.3. The fourth-order valence-corrected chi connectivity index (χ4v) is 11.8. The molecule has 10 N–H and O–H groups in total. The van der Waals surface area contributed by atoms with Crippen LogP contribution in [0.3, 0.4) is 0 Å². The van der Waals surface area contributed by atoms with Gasteiger partial charge < -0.3 is 61.5 Å². The maximum absolute atomic E-state index is 15.1. The molecule has 3 heterocycles. The van der Waals surface area contributed by atoms with Gasteiger partial charge in [0.05, 0.1) is 67.6 Å². The van der Waals surface area contributed by atoms with E-state index in [0.717, 1.165) is 70.6 Å². The van der Waals surface area contributed by atoms with Crippen LogP contribution in [-0.2, 0) is 104 Å². The topological polar surface area (TPSA) is 320 Å². The van der Waals surface area contributed by atoms with Crippen LogP contribution in [-0.4, -0.2) is 88.2 Å². The number of para-hydroxylation sites is 3. The number of carbonyl (C=O) groups is 3. The molecule has 0 amide bonds. The van der Waals surface area contributed by atoms with Crippen molar-refractivity contribution in [3.63, 3.8) is 0 Å². The van der Waals surface area contributed by atoms with Gasteiger partial charge >= 0.3 is 54.6 Å². The number of hydrogen-bond acceptors (Lipinski definition) is 17. The number of ether oxygens (including phenoxy) is 5.